The third kappa shape index (κ3) is 1.92. The van der Waals surface area contributed by atoms with Gasteiger partial charge in [-0.1, -0.05) is 0 Å². The first kappa shape index (κ1) is 9.85. The maximum Gasteiger partial charge on any atom is 0.282 e. The van der Waals surface area contributed by atoms with E-state index in [1.165, 1.54) is 6.07 Å². The number of pyridine rings is 1. The molecule has 3 N–H and O–H groups in total. The van der Waals surface area contributed by atoms with Gasteiger partial charge in [-0.05, 0) is 18.6 Å². The molecule has 0 saturated carbocycles. The molecule has 1 heterocycles. The van der Waals surface area contributed by atoms with Gasteiger partial charge in [0.05, 0.1) is 18.0 Å². The molecular formula is C8H10F2N2O. The number of aromatic nitrogens is 1. The molecule has 0 radical (unpaired) electrons. The molecule has 0 fully saturated rings. The van der Waals surface area contributed by atoms with Crippen LogP contribution in [0.5, 0.6) is 0 Å². The van der Waals surface area contributed by atoms with Crippen molar-refractivity contribution in [2.24, 2.45) is 0 Å². The summed E-state index contributed by atoms with van der Waals surface area (Å²) in [5, 5.41) is 8.77. The van der Waals surface area contributed by atoms with Crippen molar-refractivity contribution in [2.75, 3.05) is 5.73 Å². The van der Waals surface area contributed by atoms with Gasteiger partial charge >= 0.3 is 0 Å². The molecule has 72 valence electrons. The highest BCUT2D eigenvalue weighted by molar-refractivity contribution is 5.47. The molecule has 0 aliphatic carbocycles. The number of aryl methyl sites for hydroxylation is 1. The average molecular weight is 188 g/mol. The van der Waals surface area contributed by atoms with Gasteiger partial charge in [0.25, 0.3) is 6.43 Å². The van der Waals surface area contributed by atoms with E-state index in [-0.39, 0.29) is 18.0 Å². The van der Waals surface area contributed by atoms with Crippen LogP contribution in [0.4, 0.5) is 14.5 Å². The van der Waals surface area contributed by atoms with Crippen molar-refractivity contribution < 1.29 is 13.9 Å². The number of hydrogen-bond donors (Lipinski definition) is 2. The van der Waals surface area contributed by atoms with Crippen molar-refractivity contribution in [3.63, 3.8) is 0 Å². The van der Waals surface area contributed by atoms with E-state index >= 15 is 0 Å². The Morgan fingerprint density at radius 1 is 1.62 bits per heavy atom. The first-order valence-electron chi connectivity index (χ1n) is 3.71. The zero-order valence-electron chi connectivity index (χ0n) is 7.09. The minimum atomic E-state index is -2.70. The molecule has 1 aromatic heterocycles. The van der Waals surface area contributed by atoms with Gasteiger partial charge in [0, 0.05) is 0 Å². The zero-order chi connectivity index (χ0) is 10.0. The molecule has 0 spiro atoms. The molecule has 0 unspecified atom stereocenters. The van der Waals surface area contributed by atoms with E-state index in [1.54, 1.807) is 6.92 Å². The van der Waals surface area contributed by atoms with E-state index in [2.05, 4.69) is 4.98 Å². The molecule has 13 heavy (non-hydrogen) atoms. The van der Waals surface area contributed by atoms with Gasteiger partial charge in [-0.2, -0.15) is 0 Å². The van der Waals surface area contributed by atoms with Gasteiger partial charge in [-0.3, -0.25) is 0 Å². The number of anilines is 1. The summed E-state index contributed by atoms with van der Waals surface area (Å²) in [5.74, 6) is 0. The monoisotopic (exact) mass is 188 g/mol. The number of nitrogens with zero attached hydrogens (tertiary/aromatic N) is 1. The molecule has 1 rings (SSSR count). The Labute approximate surface area is 74.2 Å². The van der Waals surface area contributed by atoms with E-state index < -0.39 is 12.1 Å². The molecule has 0 amide bonds. The van der Waals surface area contributed by atoms with Crippen LogP contribution in [0.25, 0.3) is 0 Å². The standard InChI is InChI=1S/C8H10F2N2O/c1-4-2-5(11)7(8(9)10)12-6(4)3-13/h2,8,13H,3,11H2,1H3. The SMILES string of the molecule is Cc1cc(N)c(C(F)F)nc1CO. The lowest BCUT2D eigenvalue weighted by molar-refractivity contribution is 0.146. The van der Waals surface area contributed by atoms with Crippen LogP contribution in [0.15, 0.2) is 6.07 Å². The second-order valence-corrected chi connectivity index (χ2v) is 2.69. The second kappa shape index (κ2) is 3.66. The van der Waals surface area contributed by atoms with Crippen molar-refractivity contribution in [2.45, 2.75) is 20.0 Å². The molecule has 5 heteroatoms. The number of rotatable bonds is 2. The molecule has 0 aliphatic rings. The maximum absolute atomic E-state index is 12.3. The third-order valence-electron chi connectivity index (χ3n) is 1.73. The number of nitrogen functional groups attached to an aromatic ring is 1. The molecule has 3 nitrogen and oxygen atoms in total. The molecular weight excluding hydrogens is 178 g/mol. The van der Waals surface area contributed by atoms with Crippen LogP contribution in [0, 0.1) is 6.92 Å². The molecule has 0 aromatic carbocycles. The van der Waals surface area contributed by atoms with Gasteiger partial charge in [-0.15, -0.1) is 0 Å². The number of alkyl halides is 2. The summed E-state index contributed by atoms with van der Waals surface area (Å²) in [5.41, 5.74) is 5.68. The number of aliphatic hydroxyl groups excluding tert-OH is 1. The summed E-state index contributed by atoms with van der Waals surface area (Å²) >= 11 is 0. The van der Waals surface area contributed by atoms with E-state index in [9.17, 15) is 8.78 Å². The van der Waals surface area contributed by atoms with Crippen molar-refractivity contribution in [3.8, 4) is 0 Å². The topological polar surface area (TPSA) is 59.1 Å². The lowest BCUT2D eigenvalue weighted by atomic mass is 10.2. The first-order chi connectivity index (χ1) is 6.06. The molecule has 0 atom stereocenters. The smallest absolute Gasteiger partial charge is 0.282 e. The van der Waals surface area contributed by atoms with Crippen molar-refractivity contribution in [1.82, 2.24) is 4.98 Å². The normalized spacial score (nSPS) is 10.8. The summed E-state index contributed by atoms with van der Waals surface area (Å²) in [4.78, 5) is 3.56. The zero-order valence-corrected chi connectivity index (χ0v) is 7.09. The van der Waals surface area contributed by atoms with E-state index in [1.807, 2.05) is 0 Å². The third-order valence-corrected chi connectivity index (χ3v) is 1.73. The summed E-state index contributed by atoms with van der Waals surface area (Å²) in [7, 11) is 0. The Bertz CT molecular complexity index is 315. The minimum Gasteiger partial charge on any atom is -0.397 e. The molecule has 0 bridgehead atoms. The summed E-state index contributed by atoms with van der Waals surface area (Å²) in [6, 6.07) is 1.39. The molecule has 0 aliphatic heterocycles. The van der Waals surface area contributed by atoms with Crippen molar-refractivity contribution in [3.05, 3.63) is 23.0 Å². The van der Waals surface area contributed by atoms with Crippen LogP contribution < -0.4 is 5.73 Å². The molecule has 0 saturated heterocycles. The fourth-order valence-electron chi connectivity index (χ4n) is 1.02. The van der Waals surface area contributed by atoms with Crippen LogP contribution in [0.3, 0.4) is 0 Å². The van der Waals surface area contributed by atoms with Crippen molar-refractivity contribution >= 4 is 5.69 Å². The quantitative estimate of drug-likeness (QED) is 0.737. The van der Waals surface area contributed by atoms with Gasteiger partial charge in [0.2, 0.25) is 0 Å². The highest BCUT2D eigenvalue weighted by Crippen LogP contribution is 2.24. The first-order valence-corrected chi connectivity index (χ1v) is 3.71. The van der Waals surface area contributed by atoms with Crippen LogP contribution in [0.2, 0.25) is 0 Å². The lowest BCUT2D eigenvalue weighted by Crippen LogP contribution is -2.04. The van der Waals surface area contributed by atoms with Gasteiger partial charge in [0.15, 0.2) is 0 Å². The summed E-state index contributed by atoms with van der Waals surface area (Å²) in [6.45, 7) is 1.30. The summed E-state index contributed by atoms with van der Waals surface area (Å²) < 4.78 is 24.5. The number of halogens is 2. The fraction of sp³-hybridized carbons (Fsp3) is 0.375. The lowest BCUT2D eigenvalue weighted by Gasteiger charge is -2.08. The average Bonchev–Trinajstić information content (AvgIpc) is 2.03. The van der Waals surface area contributed by atoms with Crippen LogP contribution in [-0.4, -0.2) is 10.1 Å². The minimum absolute atomic E-state index is 0.0373. The predicted molar refractivity (Wildman–Crippen MR) is 44.3 cm³/mol. The Morgan fingerprint density at radius 2 is 2.23 bits per heavy atom. The van der Waals surface area contributed by atoms with Gasteiger partial charge in [-0.25, -0.2) is 13.8 Å². The fourth-order valence-corrected chi connectivity index (χ4v) is 1.02. The van der Waals surface area contributed by atoms with Gasteiger partial charge < -0.3 is 10.8 Å². The highest BCUT2D eigenvalue weighted by atomic mass is 19.3. The maximum atomic E-state index is 12.3. The van der Waals surface area contributed by atoms with E-state index in [4.69, 9.17) is 10.8 Å². The van der Waals surface area contributed by atoms with Crippen molar-refractivity contribution in [1.29, 1.82) is 0 Å². The van der Waals surface area contributed by atoms with E-state index in [0.29, 0.717) is 5.56 Å². The Kier molecular flexibility index (Phi) is 2.77. The van der Waals surface area contributed by atoms with Crippen LogP contribution >= 0.6 is 0 Å². The Hall–Kier alpha value is -1.23. The number of nitrogens with two attached hydrogens (primary N) is 1. The summed E-state index contributed by atoms with van der Waals surface area (Å²) in [6.07, 6.45) is -2.70. The van der Waals surface area contributed by atoms with Crippen LogP contribution in [-0.2, 0) is 6.61 Å². The number of aliphatic hydroxyl groups is 1. The Morgan fingerprint density at radius 3 is 2.69 bits per heavy atom. The predicted octanol–water partition coefficient (Wildman–Crippen LogP) is 1.40. The van der Waals surface area contributed by atoms with E-state index in [0.717, 1.165) is 0 Å². The van der Waals surface area contributed by atoms with Gasteiger partial charge in [0.1, 0.15) is 5.69 Å². The second-order valence-electron chi connectivity index (χ2n) is 2.69. The largest absolute Gasteiger partial charge is 0.397 e. The Balaban J connectivity index is 3.22. The van der Waals surface area contributed by atoms with Crippen LogP contribution in [0.1, 0.15) is 23.4 Å². The molecule has 1 aromatic rings. The highest BCUT2D eigenvalue weighted by Gasteiger charge is 2.15. The number of hydrogen-bond acceptors (Lipinski definition) is 3.